The van der Waals surface area contributed by atoms with Crippen LogP contribution >= 0.6 is 0 Å². The highest BCUT2D eigenvalue weighted by atomic mass is 16.5. The summed E-state index contributed by atoms with van der Waals surface area (Å²) in [6.45, 7) is 4.13. The number of ether oxygens (including phenoxy) is 1. The molecule has 2 heterocycles. The number of anilines is 1. The highest BCUT2D eigenvalue weighted by Crippen LogP contribution is 2.19. The van der Waals surface area contributed by atoms with Gasteiger partial charge in [-0.05, 0) is 31.9 Å². The van der Waals surface area contributed by atoms with Crippen molar-refractivity contribution < 1.29 is 4.74 Å². The summed E-state index contributed by atoms with van der Waals surface area (Å²) in [5.41, 5.74) is 1.08. The minimum atomic E-state index is 0.436. The lowest BCUT2D eigenvalue weighted by Crippen LogP contribution is -2.37. The SMILES string of the molecule is COC1CCN(c2cccc(C)n2)CC1. The molecule has 82 valence electrons. The molecule has 0 radical (unpaired) electrons. The summed E-state index contributed by atoms with van der Waals surface area (Å²) in [5.74, 6) is 1.10. The Hall–Kier alpha value is -1.09. The third-order valence-corrected chi connectivity index (χ3v) is 2.97. The molecule has 0 aliphatic carbocycles. The molecule has 0 atom stereocenters. The lowest BCUT2D eigenvalue weighted by atomic mass is 10.1. The molecule has 0 saturated carbocycles. The monoisotopic (exact) mass is 206 g/mol. The van der Waals surface area contributed by atoms with Crippen LogP contribution in [0.25, 0.3) is 0 Å². The second-order valence-electron chi connectivity index (χ2n) is 4.06. The Morgan fingerprint density at radius 2 is 2.07 bits per heavy atom. The van der Waals surface area contributed by atoms with Crippen LogP contribution in [0.5, 0.6) is 0 Å². The average molecular weight is 206 g/mol. The molecule has 0 aromatic carbocycles. The van der Waals surface area contributed by atoms with Gasteiger partial charge in [-0.2, -0.15) is 0 Å². The van der Waals surface area contributed by atoms with Crippen LogP contribution in [0.2, 0.25) is 0 Å². The van der Waals surface area contributed by atoms with Gasteiger partial charge in [0.1, 0.15) is 5.82 Å². The van der Waals surface area contributed by atoms with Gasteiger partial charge in [-0.25, -0.2) is 4.98 Å². The van der Waals surface area contributed by atoms with Gasteiger partial charge >= 0.3 is 0 Å². The Balaban J connectivity index is 2.01. The number of hydrogen-bond donors (Lipinski definition) is 0. The standard InChI is InChI=1S/C12H18N2O/c1-10-4-3-5-12(13-10)14-8-6-11(15-2)7-9-14/h3-5,11H,6-9H2,1-2H3. The Morgan fingerprint density at radius 3 is 2.67 bits per heavy atom. The second-order valence-corrected chi connectivity index (χ2v) is 4.06. The average Bonchev–Trinajstić information content (AvgIpc) is 2.29. The number of aromatic nitrogens is 1. The molecule has 1 fully saturated rings. The quantitative estimate of drug-likeness (QED) is 0.740. The lowest BCUT2D eigenvalue weighted by Gasteiger charge is -2.32. The molecule has 0 unspecified atom stereocenters. The van der Waals surface area contributed by atoms with Gasteiger partial charge in [0.2, 0.25) is 0 Å². The zero-order valence-corrected chi connectivity index (χ0v) is 9.44. The number of nitrogens with zero attached hydrogens (tertiary/aromatic N) is 2. The summed E-state index contributed by atoms with van der Waals surface area (Å²) in [4.78, 5) is 6.87. The molecule has 0 amide bonds. The van der Waals surface area contributed by atoms with Crippen molar-refractivity contribution in [2.45, 2.75) is 25.9 Å². The summed E-state index contributed by atoms with van der Waals surface area (Å²) >= 11 is 0. The summed E-state index contributed by atoms with van der Waals surface area (Å²) in [5, 5.41) is 0. The van der Waals surface area contributed by atoms with Crippen LogP contribution in [0.1, 0.15) is 18.5 Å². The molecule has 0 N–H and O–H groups in total. The van der Waals surface area contributed by atoms with Gasteiger partial charge in [-0.1, -0.05) is 6.07 Å². The van der Waals surface area contributed by atoms with Crippen molar-refractivity contribution in [2.75, 3.05) is 25.1 Å². The fourth-order valence-electron chi connectivity index (χ4n) is 2.03. The van der Waals surface area contributed by atoms with E-state index in [1.165, 1.54) is 0 Å². The normalized spacial score (nSPS) is 18.1. The first-order chi connectivity index (χ1) is 7.29. The highest BCUT2D eigenvalue weighted by Gasteiger charge is 2.19. The molecule has 1 aliphatic rings. The van der Waals surface area contributed by atoms with Gasteiger partial charge in [0.15, 0.2) is 0 Å². The largest absolute Gasteiger partial charge is 0.381 e. The maximum atomic E-state index is 5.35. The lowest BCUT2D eigenvalue weighted by molar-refractivity contribution is 0.0818. The predicted octanol–water partition coefficient (Wildman–Crippen LogP) is 2.01. The molecule has 1 aromatic heterocycles. The minimum Gasteiger partial charge on any atom is -0.381 e. The molecule has 3 heteroatoms. The molecule has 1 aromatic rings. The van der Waals surface area contributed by atoms with Gasteiger partial charge < -0.3 is 9.64 Å². The first-order valence-electron chi connectivity index (χ1n) is 5.51. The van der Waals surface area contributed by atoms with Crippen molar-refractivity contribution in [2.24, 2.45) is 0 Å². The molecule has 1 aliphatic heterocycles. The zero-order valence-electron chi connectivity index (χ0n) is 9.44. The number of hydrogen-bond acceptors (Lipinski definition) is 3. The first-order valence-corrected chi connectivity index (χ1v) is 5.51. The summed E-state index contributed by atoms with van der Waals surface area (Å²) in [6, 6.07) is 6.19. The highest BCUT2D eigenvalue weighted by molar-refractivity contribution is 5.39. The van der Waals surface area contributed by atoms with Crippen molar-refractivity contribution in [1.29, 1.82) is 0 Å². The summed E-state index contributed by atoms with van der Waals surface area (Å²) in [7, 11) is 1.80. The van der Waals surface area contributed by atoms with E-state index in [-0.39, 0.29) is 0 Å². The van der Waals surface area contributed by atoms with Crippen molar-refractivity contribution in [3.05, 3.63) is 23.9 Å². The Morgan fingerprint density at radius 1 is 1.33 bits per heavy atom. The zero-order chi connectivity index (χ0) is 10.7. The van der Waals surface area contributed by atoms with Gasteiger partial charge in [-0.15, -0.1) is 0 Å². The van der Waals surface area contributed by atoms with Gasteiger partial charge in [0.05, 0.1) is 6.10 Å². The van der Waals surface area contributed by atoms with Crippen molar-refractivity contribution in [3.8, 4) is 0 Å². The summed E-state index contributed by atoms with van der Waals surface area (Å²) in [6.07, 6.45) is 2.64. The maximum Gasteiger partial charge on any atom is 0.128 e. The molecule has 0 spiro atoms. The fraction of sp³-hybridized carbons (Fsp3) is 0.583. The van der Waals surface area contributed by atoms with Gasteiger partial charge in [0.25, 0.3) is 0 Å². The number of aryl methyl sites for hydroxylation is 1. The Bertz CT molecular complexity index is 319. The second kappa shape index (κ2) is 4.62. The van der Waals surface area contributed by atoms with Crippen LogP contribution in [0.15, 0.2) is 18.2 Å². The van der Waals surface area contributed by atoms with E-state index >= 15 is 0 Å². The van der Waals surface area contributed by atoms with E-state index in [4.69, 9.17) is 4.74 Å². The molecule has 3 nitrogen and oxygen atoms in total. The number of methoxy groups -OCH3 is 1. The van der Waals surface area contributed by atoms with Crippen LogP contribution in [-0.2, 0) is 4.74 Å². The van der Waals surface area contributed by atoms with Crippen molar-refractivity contribution >= 4 is 5.82 Å². The summed E-state index contributed by atoms with van der Waals surface area (Å²) < 4.78 is 5.35. The van der Waals surface area contributed by atoms with E-state index in [1.54, 1.807) is 7.11 Å². The van der Waals surface area contributed by atoms with E-state index in [0.29, 0.717) is 6.10 Å². The van der Waals surface area contributed by atoms with Crippen molar-refractivity contribution in [3.63, 3.8) is 0 Å². The smallest absolute Gasteiger partial charge is 0.128 e. The molecular formula is C12H18N2O. The predicted molar refractivity (Wildman–Crippen MR) is 61.2 cm³/mol. The number of piperidine rings is 1. The minimum absolute atomic E-state index is 0.436. The van der Waals surface area contributed by atoms with E-state index in [2.05, 4.69) is 22.0 Å². The number of rotatable bonds is 2. The maximum absolute atomic E-state index is 5.35. The van der Waals surface area contributed by atoms with Crippen LogP contribution in [0.4, 0.5) is 5.82 Å². The third kappa shape index (κ3) is 2.48. The Labute approximate surface area is 91.1 Å². The molecule has 0 bridgehead atoms. The van der Waals surface area contributed by atoms with E-state index in [9.17, 15) is 0 Å². The Kier molecular flexibility index (Phi) is 3.21. The van der Waals surface area contributed by atoms with Gasteiger partial charge in [0, 0.05) is 25.9 Å². The van der Waals surface area contributed by atoms with E-state index in [1.807, 2.05) is 13.0 Å². The molecule has 1 saturated heterocycles. The van der Waals surface area contributed by atoms with Gasteiger partial charge in [-0.3, -0.25) is 0 Å². The molecule has 2 rings (SSSR count). The molecular weight excluding hydrogens is 188 g/mol. The van der Waals surface area contributed by atoms with Crippen molar-refractivity contribution in [1.82, 2.24) is 4.98 Å². The topological polar surface area (TPSA) is 25.4 Å². The number of pyridine rings is 1. The fourth-order valence-corrected chi connectivity index (χ4v) is 2.03. The van der Waals surface area contributed by atoms with E-state index < -0.39 is 0 Å². The van der Waals surface area contributed by atoms with Crippen LogP contribution in [0, 0.1) is 6.92 Å². The third-order valence-electron chi connectivity index (χ3n) is 2.97. The van der Waals surface area contributed by atoms with Crippen LogP contribution in [0.3, 0.4) is 0 Å². The van der Waals surface area contributed by atoms with Crippen LogP contribution in [-0.4, -0.2) is 31.3 Å². The first kappa shape index (κ1) is 10.4. The van der Waals surface area contributed by atoms with Crippen LogP contribution < -0.4 is 4.90 Å². The van der Waals surface area contributed by atoms with E-state index in [0.717, 1.165) is 37.4 Å². The molecule has 15 heavy (non-hydrogen) atoms.